The van der Waals surface area contributed by atoms with Crippen molar-refractivity contribution in [2.45, 2.75) is 12.5 Å². The standard InChI is InChI=1S/C9H12N4O/c1-9(12-7-14)5-13(6-9)8-10-3-2-4-11-8/h2-4,7H,5-6H2,1H3,(H,12,14). The molecular formula is C9H12N4O. The van der Waals surface area contributed by atoms with Gasteiger partial charge in [0.1, 0.15) is 0 Å². The molecule has 2 rings (SSSR count). The Hall–Kier alpha value is -1.65. The average Bonchev–Trinajstić information content (AvgIpc) is 2.16. The predicted octanol–water partition coefficient (Wildman–Crippen LogP) is -0.199. The van der Waals surface area contributed by atoms with Crippen LogP contribution >= 0.6 is 0 Å². The van der Waals surface area contributed by atoms with Gasteiger partial charge in [0.05, 0.1) is 5.54 Å². The molecule has 0 radical (unpaired) electrons. The number of hydrogen-bond donors (Lipinski definition) is 1. The van der Waals surface area contributed by atoms with Gasteiger partial charge in [-0.15, -0.1) is 0 Å². The molecule has 1 saturated heterocycles. The first-order valence-electron chi connectivity index (χ1n) is 4.47. The predicted molar refractivity (Wildman–Crippen MR) is 51.8 cm³/mol. The summed E-state index contributed by atoms with van der Waals surface area (Å²) in [6.07, 6.45) is 4.17. The highest BCUT2D eigenvalue weighted by Gasteiger charge is 2.39. The number of nitrogens with zero attached hydrogens (tertiary/aromatic N) is 3. The van der Waals surface area contributed by atoms with Crippen LogP contribution < -0.4 is 10.2 Å². The Kier molecular flexibility index (Phi) is 2.07. The van der Waals surface area contributed by atoms with E-state index in [4.69, 9.17) is 0 Å². The van der Waals surface area contributed by atoms with E-state index in [0.717, 1.165) is 25.4 Å². The Morgan fingerprint density at radius 1 is 1.50 bits per heavy atom. The maximum Gasteiger partial charge on any atom is 0.225 e. The van der Waals surface area contributed by atoms with Gasteiger partial charge in [-0.1, -0.05) is 0 Å². The molecule has 0 aromatic carbocycles. The molecule has 0 saturated carbocycles. The highest BCUT2D eigenvalue weighted by Crippen LogP contribution is 2.23. The number of anilines is 1. The van der Waals surface area contributed by atoms with Crippen molar-refractivity contribution in [3.63, 3.8) is 0 Å². The minimum Gasteiger partial charge on any atom is -0.350 e. The Morgan fingerprint density at radius 3 is 2.71 bits per heavy atom. The van der Waals surface area contributed by atoms with Gasteiger partial charge in [-0.2, -0.15) is 0 Å². The molecule has 1 aliphatic heterocycles. The van der Waals surface area contributed by atoms with Crippen LogP contribution in [0.2, 0.25) is 0 Å². The van der Waals surface area contributed by atoms with E-state index in [1.807, 2.05) is 11.8 Å². The minimum atomic E-state index is -0.124. The van der Waals surface area contributed by atoms with Crippen LogP contribution in [0.25, 0.3) is 0 Å². The van der Waals surface area contributed by atoms with Crippen molar-refractivity contribution in [3.05, 3.63) is 18.5 Å². The molecule has 1 aromatic rings. The van der Waals surface area contributed by atoms with Crippen molar-refractivity contribution in [1.82, 2.24) is 15.3 Å². The van der Waals surface area contributed by atoms with Gasteiger partial charge in [0.15, 0.2) is 0 Å². The van der Waals surface area contributed by atoms with Crippen LogP contribution in [0.5, 0.6) is 0 Å². The number of nitrogens with one attached hydrogen (secondary N) is 1. The Bertz CT molecular complexity index is 321. The second kappa shape index (κ2) is 3.25. The summed E-state index contributed by atoms with van der Waals surface area (Å²) in [5.74, 6) is 0.720. The van der Waals surface area contributed by atoms with Crippen molar-refractivity contribution in [2.75, 3.05) is 18.0 Å². The number of aromatic nitrogens is 2. The van der Waals surface area contributed by atoms with Crippen molar-refractivity contribution in [2.24, 2.45) is 0 Å². The van der Waals surface area contributed by atoms with Crippen LogP contribution in [0.15, 0.2) is 18.5 Å². The summed E-state index contributed by atoms with van der Waals surface area (Å²) in [6, 6.07) is 1.78. The highest BCUT2D eigenvalue weighted by molar-refractivity contribution is 5.51. The van der Waals surface area contributed by atoms with Gasteiger partial charge in [0.2, 0.25) is 12.4 Å². The molecule has 1 aromatic heterocycles. The molecule has 0 spiro atoms. The molecule has 5 heteroatoms. The zero-order valence-electron chi connectivity index (χ0n) is 7.97. The summed E-state index contributed by atoms with van der Waals surface area (Å²) in [5.41, 5.74) is -0.124. The van der Waals surface area contributed by atoms with E-state index in [0.29, 0.717) is 0 Å². The van der Waals surface area contributed by atoms with Gasteiger partial charge in [-0.05, 0) is 13.0 Å². The Balaban J connectivity index is 1.98. The summed E-state index contributed by atoms with van der Waals surface area (Å²) in [5, 5.41) is 2.78. The molecule has 14 heavy (non-hydrogen) atoms. The average molecular weight is 192 g/mol. The van der Waals surface area contributed by atoms with Gasteiger partial charge >= 0.3 is 0 Å². The molecule has 1 amide bonds. The lowest BCUT2D eigenvalue weighted by Gasteiger charge is -2.47. The second-order valence-electron chi connectivity index (χ2n) is 3.73. The van der Waals surface area contributed by atoms with Gasteiger partial charge in [-0.3, -0.25) is 4.79 Å². The van der Waals surface area contributed by atoms with Crippen LogP contribution in [0.4, 0.5) is 5.95 Å². The van der Waals surface area contributed by atoms with Crippen molar-refractivity contribution >= 4 is 12.4 Å². The first kappa shape index (κ1) is 8.93. The molecule has 2 heterocycles. The Morgan fingerprint density at radius 2 is 2.14 bits per heavy atom. The van der Waals surface area contributed by atoms with Crippen LogP contribution in [-0.2, 0) is 4.79 Å². The maximum atomic E-state index is 10.3. The summed E-state index contributed by atoms with van der Waals surface area (Å²) in [4.78, 5) is 20.6. The van der Waals surface area contributed by atoms with Crippen molar-refractivity contribution < 1.29 is 4.79 Å². The van der Waals surface area contributed by atoms with E-state index in [-0.39, 0.29) is 5.54 Å². The van der Waals surface area contributed by atoms with Gasteiger partial charge in [-0.25, -0.2) is 9.97 Å². The normalized spacial score (nSPS) is 18.5. The third-order valence-electron chi connectivity index (χ3n) is 2.32. The highest BCUT2D eigenvalue weighted by atomic mass is 16.1. The van der Waals surface area contributed by atoms with Crippen molar-refractivity contribution in [3.8, 4) is 0 Å². The largest absolute Gasteiger partial charge is 0.350 e. The minimum absolute atomic E-state index is 0.124. The lowest BCUT2D eigenvalue weighted by atomic mass is 9.93. The lowest BCUT2D eigenvalue weighted by Crippen LogP contribution is -2.67. The van der Waals surface area contributed by atoms with Gasteiger partial charge in [0, 0.05) is 25.5 Å². The molecule has 0 bridgehead atoms. The SMILES string of the molecule is CC1(NC=O)CN(c2ncccn2)C1. The first-order chi connectivity index (χ1) is 6.73. The molecule has 1 aliphatic rings. The smallest absolute Gasteiger partial charge is 0.225 e. The molecule has 1 N–H and O–H groups in total. The van der Waals surface area contributed by atoms with E-state index in [9.17, 15) is 4.79 Å². The van der Waals surface area contributed by atoms with Crippen LogP contribution in [0, 0.1) is 0 Å². The third kappa shape index (κ3) is 1.53. The topological polar surface area (TPSA) is 58.1 Å². The maximum absolute atomic E-state index is 10.3. The fourth-order valence-corrected chi connectivity index (χ4v) is 1.63. The summed E-state index contributed by atoms with van der Waals surface area (Å²) >= 11 is 0. The number of amides is 1. The summed E-state index contributed by atoms with van der Waals surface area (Å²) in [7, 11) is 0. The lowest BCUT2D eigenvalue weighted by molar-refractivity contribution is -0.111. The molecule has 0 atom stereocenters. The van der Waals surface area contributed by atoms with Gasteiger partial charge < -0.3 is 10.2 Å². The third-order valence-corrected chi connectivity index (χ3v) is 2.32. The molecule has 0 aliphatic carbocycles. The Labute approximate surface area is 82.2 Å². The number of rotatable bonds is 3. The van der Waals surface area contributed by atoms with Gasteiger partial charge in [0.25, 0.3) is 0 Å². The zero-order chi connectivity index (χ0) is 10.0. The van der Waals surface area contributed by atoms with Crippen LogP contribution in [0.1, 0.15) is 6.92 Å². The van der Waals surface area contributed by atoms with Crippen LogP contribution in [-0.4, -0.2) is 35.0 Å². The van der Waals surface area contributed by atoms with E-state index in [2.05, 4.69) is 15.3 Å². The van der Waals surface area contributed by atoms with E-state index in [1.54, 1.807) is 18.5 Å². The molecule has 0 unspecified atom stereocenters. The second-order valence-corrected chi connectivity index (χ2v) is 3.73. The molecule has 5 nitrogen and oxygen atoms in total. The zero-order valence-corrected chi connectivity index (χ0v) is 7.97. The molecule has 74 valence electrons. The molecule has 1 fully saturated rings. The summed E-state index contributed by atoms with van der Waals surface area (Å²) in [6.45, 7) is 3.52. The fourth-order valence-electron chi connectivity index (χ4n) is 1.63. The van der Waals surface area contributed by atoms with Crippen molar-refractivity contribution in [1.29, 1.82) is 0 Å². The van der Waals surface area contributed by atoms with E-state index in [1.165, 1.54) is 0 Å². The van der Waals surface area contributed by atoms with E-state index >= 15 is 0 Å². The first-order valence-corrected chi connectivity index (χ1v) is 4.47. The fraction of sp³-hybridized carbons (Fsp3) is 0.444. The molecular weight excluding hydrogens is 180 g/mol. The number of hydrogen-bond acceptors (Lipinski definition) is 4. The number of carbonyl (C=O) groups is 1. The summed E-state index contributed by atoms with van der Waals surface area (Å²) < 4.78 is 0. The quantitative estimate of drug-likeness (QED) is 0.674. The van der Waals surface area contributed by atoms with Crippen LogP contribution in [0.3, 0.4) is 0 Å². The van der Waals surface area contributed by atoms with E-state index < -0.39 is 0 Å². The number of carbonyl (C=O) groups excluding carboxylic acids is 1. The monoisotopic (exact) mass is 192 g/mol.